The lowest BCUT2D eigenvalue weighted by molar-refractivity contribution is -0.109. The summed E-state index contributed by atoms with van der Waals surface area (Å²) in [5.41, 5.74) is 2.78. The summed E-state index contributed by atoms with van der Waals surface area (Å²) in [5.74, 6) is 3.50. The molecular formula is C45H86N2O4S. The fourth-order valence-electron chi connectivity index (χ4n) is 6.24. The molecular weight excluding hydrogens is 665 g/mol. The van der Waals surface area contributed by atoms with Crippen molar-refractivity contribution in [3.8, 4) is 5.75 Å². The maximum Gasteiger partial charge on any atom is 0.364 e. The van der Waals surface area contributed by atoms with Crippen molar-refractivity contribution in [2.24, 2.45) is 11.8 Å². The molecule has 1 N–H and O–H groups in total. The lowest BCUT2D eigenvalue weighted by Crippen LogP contribution is -2.31. The molecule has 0 amide bonds. The molecule has 52 heavy (non-hydrogen) atoms. The van der Waals surface area contributed by atoms with Crippen LogP contribution in [0.5, 0.6) is 5.75 Å². The highest BCUT2D eigenvalue weighted by Crippen LogP contribution is 2.37. The second-order valence-electron chi connectivity index (χ2n) is 14.9. The first-order valence-corrected chi connectivity index (χ1v) is 22.7. The highest BCUT2D eigenvalue weighted by atomic mass is 32.2. The number of rotatable bonds is 18. The van der Waals surface area contributed by atoms with Gasteiger partial charge < -0.3 is 19.5 Å². The van der Waals surface area contributed by atoms with Crippen LogP contribution in [0.4, 0.5) is 4.79 Å². The van der Waals surface area contributed by atoms with E-state index in [9.17, 15) is 9.59 Å². The number of unbranched alkanes of at least 4 members (excludes halogenated alkanes) is 6. The van der Waals surface area contributed by atoms with Crippen molar-refractivity contribution in [1.82, 2.24) is 9.80 Å². The molecule has 306 valence electrons. The number of hydrogen-bond acceptors (Lipinski definition) is 6. The predicted molar refractivity (Wildman–Crippen MR) is 231 cm³/mol. The molecule has 0 radical (unpaired) electrons. The minimum absolute atomic E-state index is 0.558. The number of fused-ring (bicyclic) bond motifs is 1. The summed E-state index contributed by atoms with van der Waals surface area (Å²) in [5, 5.41) is 6.86. The van der Waals surface area contributed by atoms with Gasteiger partial charge in [0.25, 0.3) is 0 Å². The molecule has 1 saturated heterocycles. The summed E-state index contributed by atoms with van der Waals surface area (Å²) in [6.07, 6.45) is 25.5. The van der Waals surface area contributed by atoms with E-state index < -0.39 is 5.30 Å². The van der Waals surface area contributed by atoms with Gasteiger partial charge in [0.05, 0.1) is 13.2 Å². The third-order valence-electron chi connectivity index (χ3n) is 9.68. The fraction of sp³-hybridized carbons (Fsp3) is 0.822. The molecule has 3 aliphatic rings. The van der Waals surface area contributed by atoms with E-state index in [0.29, 0.717) is 18.5 Å². The van der Waals surface area contributed by atoms with Crippen LogP contribution in [0.1, 0.15) is 182 Å². The smallest absolute Gasteiger partial charge is 0.364 e. The average molecular weight is 751 g/mol. The van der Waals surface area contributed by atoms with Gasteiger partial charge in [-0.15, -0.1) is 0 Å². The van der Waals surface area contributed by atoms with Gasteiger partial charge in [0.1, 0.15) is 12.0 Å². The number of thioether (sulfide) groups is 1. The number of likely N-dealkylation sites (tertiary alicyclic amines) is 1. The molecule has 1 saturated carbocycles. The molecule has 2 aliphatic heterocycles. The normalized spacial score (nSPS) is 17.0. The Labute approximate surface area is 328 Å². The van der Waals surface area contributed by atoms with Crippen LogP contribution < -0.4 is 4.74 Å². The molecule has 2 atom stereocenters. The van der Waals surface area contributed by atoms with Crippen LogP contribution in [-0.2, 0) is 11.2 Å². The Morgan fingerprint density at radius 2 is 1.52 bits per heavy atom. The van der Waals surface area contributed by atoms with E-state index in [0.717, 1.165) is 55.2 Å². The van der Waals surface area contributed by atoms with E-state index in [2.05, 4.69) is 83.5 Å². The number of ether oxygens (including phenoxy) is 1. The molecule has 2 heterocycles. The number of carbonyl (C=O) groups is 2. The van der Waals surface area contributed by atoms with Gasteiger partial charge in [-0.25, -0.2) is 4.79 Å². The van der Waals surface area contributed by atoms with Gasteiger partial charge in [0, 0.05) is 19.0 Å². The van der Waals surface area contributed by atoms with Gasteiger partial charge in [-0.1, -0.05) is 145 Å². The number of carbonyl (C=O) groups excluding carboxylic acids is 1. The molecule has 6 nitrogen and oxygen atoms in total. The third-order valence-corrected chi connectivity index (χ3v) is 10.0. The topological polar surface area (TPSA) is 70.1 Å². The summed E-state index contributed by atoms with van der Waals surface area (Å²) in [7, 11) is 2.21. The van der Waals surface area contributed by atoms with Crippen molar-refractivity contribution in [2.45, 2.75) is 183 Å². The quantitative estimate of drug-likeness (QED) is 0.118. The zero-order valence-electron chi connectivity index (χ0n) is 36.1. The van der Waals surface area contributed by atoms with Crippen molar-refractivity contribution in [3.63, 3.8) is 0 Å². The van der Waals surface area contributed by atoms with E-state index in [-0.39, 0.29) is 0 Å². The van der Waals surface area contributed by atoms with Crippen LogP contribution in [-0.4, -0.2) is 78.6 Å². The van der Waals surface area contributed by atoms with Crippen molar-refractivity contribution >= 4 is 23.3 Å². The molecule has 0 aromatic heterocycles. The zero-order chi connectivity index (χ0) is 39.6. The van der Waals surface area contributed by atoms with Crippen LogP contribution >= 0.6 is 11.8 Å². The summed E-state index contributed by atoms with van der Waals surface area (Å²) < 4.78 is 5.61. The predicted octanol–water partition coefficient (Wildman–Crippen LogP) is 13.2. The van der Waals surface area contributed by atoms with Gasteiger partial charge in [-0.3, -0.25) is 4.90 Å². The fourth-order valence-corrected chi connectivity index (χ4v) is 6.24. The highest BCUT2D eigenvalue weighted by molar-refractivity contribution is 8.12. The number of hydrogen-bond donors (Lipinski definition) is 1. The molecule has 0 bridgehead atoms. The van der Waals surface area contributed by atoms with Crippen LogP contribution in [0.3, 0.4) is 0 Å². The van der Waals surface area contributed by atoms with E-state index in [1.807, 2.05) is 13.8 Å². The number of nitrogens with zero attached hydrogens (tertiary/aromatic N) is 2. The average Bonchev–Trinajstić information content (AvgIpc) is 3.70. The summed E-state index contributed by atoms with van der Waals surface area (Å²) in [6.45, 7) is 24.7. The number of benzene rings is 1. The lowest BCUT2D eigenvalue weighted by Gasteiger charge is -2.22. The first-order chi connectivity index (χ1) is 25.1. The Morgan fingerprint density at radius 1 is 0.942 bits per heavy atom. The molecule has 1 aliphatic carbocycles. The molecule has 1 aromatic rings. The monoisotopic (exact) mass is 751 g/mol. The first-order valence-electron chi connectivity index (χ1n) is 21.5. The Morgan fingerprint density at radius 3 is 1.98 bits per heavy atom. The van der Waals surface area contributed by atoms with Crippen LogP contribution in [0.25, 0.3) is 0 Å². The molecule has 4 rings (SSSR count). The maximum atomic E-state index is 11.0. The standard InChI is InChI=1S/C19H27NO2.C9H21N.C8H16.C5H12.C2H4O2S.C2H6/c1-14(2)3-5-18-12-17(13-20(18)8-9-21)15-4-6-19-16(11-15)7-10-22-19;1-4-6-8-10(3)9-7-5-2;1-2-3-4-5-8-6-7-8;1-3-5-4-2;1-5-2(3)4;1-2/h4,6,9,11,14,17-18H,3,5,7-8,10,12-13H2,1-2H3;4-9H2,1-3H3;8H,2-7H2,1H3;3-5H2,1-2H3;1H3,(H,3,4);1-2H3. The van der Waals surface area contributed by atoms with Crippen molar-refractivity contribution in [1.29, 1.82) is 0 Å². The minimum atomic E-state index is -0.829. The van der Waals surface area contributed by atoms with Crippen molar-refractivity contribution < 1.29 is 19.4 Å². The van der Waals surface area contributed by atoms with Gasteiger partial charge in [0.15, 0.2) is 0 Å². The Kier molecular flexibility index (Phi) is 36.8. The number of aldehydes is 1. The van der Waals surface area contributed by atoms with Crippen LogP contribution in [0.2, 0.25) is 0 Å². The second-order valence-corrected chi connectivity index (χ2v) is 15.7. The highest BCUT2D eigenvalue weighted by Gasteiger charge is 2.32. The lowest BCUT2D eigenvalue weighted by atomic mass is 9.92. The van der Waals surface area contributed by atoms with E-state index in [4.69, 9.17) is 9.84 Å². The van der Waals surface area contributed by atoms with E-state index in [1.54, 1.807) is 0 Å². The zero-order valence-corrected chi connectivity index (χ0v) is 37.0. The Hall–Kier alpha value is -1.57. The van der Waals surface area contributed by atoms with Crippen molar-refractivity contribution in [3.05, 3.63) is 29.3 Å². The molecule has 7 heteroatoms. The van der Waals surface area contributed by atoms with Crippen LogP contribution in [0, 0.1) is 11.8 Å². The summed E-state index contributed by atoms with van der Waals surface area (Å²) in [4.78, 5) is 25.1. The van der Waals surface area contributed by atoms with Gasteiger partial charge in [-0.2, -0.15) is 0 Å². The van der Waals surface area contributed by atoms with E-state index >= 15 is 0 Å². The van der Waals surface area contributed by atoms with E-state index in [1.165, 1.54) is 133 Å². The Bertz CT molecular complexity index is 945. The molecule has 2 unspecified atom stereocenters. The summed E-state index contributed by atoms with van der Waals surface area (Å²) >= 11 is 0.796. The Balaban J connectivity index is 0. The first kappa shape index (κ1) is 52.5. The van der Waals surface area contributed by atoms with Crippen molar-refractivity contribution in [2.75, 3.05) is 46.1 Å². The second kappa shape index (κ2) is 36.4. The van der Waals surface area contributed by atoms with Crippen LogP contribution in [0.15, 0.2) is 18.2 Å². The maximum absolute atomic E-state index is 11.0. The SMILES string of the molecule is CC.CC(C)CCC1CC(c2ccc3c(c2)CCO3)CN1CC=O.CCCCC.CCCCCC1CC1.CCCCN(C)CCCC.CSC(=O)O. The van der Waals surface area contributed by atoms with Gasteiger partial charge in [-0.05, 0) is 105 Å². The summed E-state index contributed by atoms with van der Waals surface area (Å²) in [6, 6.07) is 7.24. The molecule has 0 spiro atoms. The van der Waals surface area contributed by atoms with Gasteiger partial charge >= 0.3 is 5.30 Å². The molecule has 1 aromatic carbocycles. The largest absolute Gasteiger partial charge is 0.493 e. The minimum Gasteiger partial charge on any atom is -0.493 e. The third kappa shape index (κ3) is 28.9. The number of carboxylic acid groups (broad SMARTS) is 1. The molecule has 2 fully saturated rings. The van der Waals surface area contributed by atoms with Gasteiger partial charge in [0.2, 0.25) is 0 Å².